The third-order valence-corrected chi connectivity index (χ3v) is 13.7. The number of hydrogen-bond acceptors (Lipinski definition) is 7. The number of hydrogen-bond donors (Lipinski definition) is 4. The van der Waals surface area contributed by atoms with Crippen molar-refractivity contribution in [2.24, 2.45) is 40.4 Å². The van der Waals surface area contributed by atoms with Gasteiger partial charge in [-0.2, -0.15) is 0 Å². The quantitative estimate of drug-likeness (QED) is 0.339. The summed E-state index contributed by atoms with van der Waals surface area (Å²) in [7, 11) is 0. The van der Waals surface area contributed by atoms with E-state index in [1.807, 2.05) is 32.0 Å². The van der Waals surface area contributed by atoms with Gasteiger partial charge in [0.25, 0.3) is 0 Å². The number of allylic oxidation sites excluding steroid dienone is 1. The van der Waals surface area contributed by atoms with Gasteiger partial charge in [0, 0.05) is 11.3 Å². The fraction of sp³-hybridized carbons (Fsp3) is 0.757. The highest BCUT2D eigenvalue weighted by Crippen LogP contribution is 2.68. The normalized spacial score (nSPS) is 45.6. The third kappa shape index (κ3) is 4.87. The Hall–Kier alpha value is -1.61. The summed E-state index contributed by atoms with van der Waals surface area (Å²) in [5.74, 6) is -0.287. The lowest BCUT2D eigenvalue weighted by Crippen LogP contribution is -2.63. The number of carbonyl (C=O) groups is 1. The van der Waals surface area contributed by atoms with Crippen LogP contribution in [0.25, 0.3) is 0 Å². The second kappa shape index (κ2) is 11.6. The van der Waals surface area contributed by atoms with Gasteiger partial charge in [-0.25, -0.2) is 0 Å². The van der Waals surface area contributed by atoms with E-state index in [-0.39, 0.29) is 59.6 Å². The Labute approximate surface area is 263 Å². The molecule has 13 atom stereocenters. The van der Waals surface area contributed by atoms with Crippen LogP contribution in [-0.2, 0) is 20.7 Å². The number of aliphatic hydroxyl groups is 4. The smallest absolute Gasteiger partial charge is 0.159 e. The maximum atomic E-state index is 13.9. The Balaban J connectivity index is 1.20. The average molecular weight is 611 g/mol. The Bertz CT molecular complexity index is 1250. The molecule has 7 heteroatoms. The Kier molecular flexibility index (Phi) is 8.50. The molecule has 1 heterocycles. The van der Waals surface area contributed by atoms with Crippen molar-refractivity contribution in [1.29, 1.82) is 0 Å². The van der Waals surface area contributed by atoms with Crippen LogP contribution >= 0.6 is 0 Å². The second-order valence-electron chi connectivity index (χ2n) is 15.7. The van der Waals surface area contributed by atoms with Crippen LogP contribution in [0.3, 0.4) is 0 Å². The highest BCUT2D eigenvalue weighted by atomic mass is 16.5. The molecule has 7 nitrogen and oxygen atoms in total. The van der Waals surface area contributed by atoms with Crippen molar-refractivity contribution in [3.8, 4) is 0 Å². The van der Waals surface area contributed by atoms with Crippen LogP contribution < -0.4 is 0 Å². The monoisotopic (exact) mass is 610 g/mol. The van der Waals surface area contributed by atoms with Gasteiger partial charge < -0.3 is 29.9 Å². The zero-order chi connectivity index (χ0) is 31.7. The lowest BCUT2D eigenvalue weighted by atomic mass is 9.46. The number of ether oxygens (including phenoxy) is 2. The van der Waals surface area contributed by atoms with Crippen LogP contribution in [0, 0.1) is 40.4 Å². The molecule has 0 spiro atoms. The number of ketones is 1. The molecule has 1 aliphatic heterocycles. The molecule has 1 saturated heterocycles. The zero-order valence-corrected chi connectivity index (χ0v) is 27.2. The first-order chi connectivity index (χ1) is 20.8. The average Bonchev–Trinajstić information content (AvgIpc) is 3.45. The maximum Gasteiger partial charge on any atom is 0.159 e. The number of aliphatic hydroxyl groups excluding tert-OH is 2. The molecule has 1 aromatic carbocycles. The minimum atomic E-state index is -1.52. The summed E-state index contributed by atoms with van der Waals surface area (Å²) in [6.07, 6.45) is 5.61. The van der Waals surface area contributed by atoms with Gasteiger partial charge in [0.15, 0.2) is 5.78 Å². The van der Waals surface area contributed by atoms with E-state index in [9.17, 15) is 25.2 Å². The summed E-state index contributed by atoms with van der Waals surface area (Å²) in [6, 6.07) is 10.3. The summed E-state index contributed by atoms with van der Waals surface area (Å²) in [5.41, 5.74) is -1.57. The molecule has 0 radical (unpaired) electrons. The van der Waals surface area contributed by atoms with Gasteiger partial charge in [-0.15, -0.1) is 0 Å². The van der Waals surface area contributed by atoms with Gasteiger partial charge in [0.2, 0.25) is 0 Å². The molecule has 1 aromatic rings. The lowest BCUT2D eigenvalue weighted by molar-refractivity contribution is -0.197. The fourth-order valence-electron chi connectivity index (χ4n) is 10.6. The number of benzene rings is 1. The van der Waals surface area contributed by atoms with Crippen LogP contribution in [0.1, 0.15) is 85.1 Å². The van der Waals surface area contributed by atoms with Crippen LogP contribution in [0.15, 0.2) is 42.0 Å². The minimum Gasteiger partial charge on any atom is -0.394 e. The highest BCUT2D eigenvalue weighted by molar-refractivity contribution is 5.95. The van der Waals surface area contributed by atoms with Gasteiger partial charge in [-0.3, -0.25) is 4.79 Å². The van der Waals surface area contributed by atoms with Gasteiger partial charge in [0.1, 0.15) is 6.10 Å². The summed E-state index contributed by atoms with van der Waals surface area (Å²) in [6.45, 7) is 10.5. The van der Waals surface area contributed by atoms with E-state index >= 15 is 0 Å². The van der Waals surface area contributed by atoms with E-state index in [1.54, 1.807) is 13.0 Å². The first-order valence-corrected chi connectivity index (χ1v) is 17.1. The minimum absolute atomic E-state index is 0.0366. The van der Waals surface area contributed by atoms with E-state index in [4.69, 9.17) is 9.47 Å². The molecule has 6 rings (SSSR count). The van der Waals surface area contributed by atoms with Gasteiger partial charge in [-0.05, 0) is 105 Å². The van der Waals surface area contributed by atoms with Crippen LogP contribution in [0.2, 0.25) is 0 Å². The van der Waals surface area contributed by atoms with Crippen molar-refractivity contribution >= 4 is 5.78 Å². The molecule has 4 aliphatic carbocycles. The summed E-state index contributed by atoms with van der Waals surface area (Å²) in [4.78, 5) is 13.9. The van der Waals surface area contributed by atoms with E-state index in [1.165, 1.54) is 5.56 Å². The molecular formula is C37H54O7. The van der Waals surface area contributed by atoms with Crippen molar-refractivity contribution in [2.45, 2.75) is 122 Å². The number of rotatable bonds is 8. The summed E-state index contributed by atoms with van der Waals surface area (Å²) < 4.78 is 12.4. The second-order valence-corrected chi connectivity index (χ2v) is 15.7. The largest absolute Gasteiger partial charge is 0.394 e. The molecule has 4 N–H and O–H groups in total. The number of carbonyl (C=O) groups excluding carboxylic acids is 1. The predicted molar refractivity (Wildman–Crippen MR) is 168 cm³/mol. The molecule has 0 unspecified atom stereocenters. The maximum absolute atomic E-state index is 13.9. The van der Waals surface area contributed by atoms with Crippen molar-refractivity contribution in [2.75, 3.05) is 13.2 Å². The van der Waals surface area contributed by atoms with E-state index in [2.05, 4.69) is 26.0 Å². The van der Waals surface area contributed by atoms with Crippen LogP contribution in [0.4, 0.5) is 0 Å². The SMILES string of the molecule is C[C@@H]1[C@H](C)[C@@H](CO)O[C@@H]1[C@@H](O)[C@@](C)(O)[C@@H]1CC[C@]2(O)C3=CC(=O)[C@H]4C[C@@H](OCCc5ccccc5)CC[C@]4(C)[C@@H]3CC[C@]12C. The number of fused-ring (bicyclic) bond motifs is 5. The molecular weight excluding hydrogens is 556 g/mol. The lowest BCUT2D eigenvalue weighted by Gasteiger charge is -2.60. The standard InChI is InChI=1S/C37H54O7/c1-22-23(2)32(44-30(22)21-38)33(40)36(5,41)31-13-17-37(42)27-20-29(39)28-19-25(43-18-14-24-9-7-6-8-10-24)11-15-34(28,3)26(27)12-16-35(31,37)4/h6-10,20,22-23,25-26,28,30-33,38,40-42H,11-19,21H2,1-5H3/t22-,23+,25-,26+,28+,30+,31+,32-,33+,34+,35+,36-,37-/m0/s1. The molecule has 0 aromatic heterocycles. The van der Waals surface area contributed by atoms with E-state index < -0.39 is 28.8 Å². The molecule has 244 valence electrons. The Morgan fingerprint density at radius 2 is 1.77 bits per heavy atom. The van der Waals surface area contributed by atoms with Crippen LogP contribution in [-0.4, -0.2) is 75.0 Å². The zero-order valence-electron chi connectivity index (χ0n) is 27.2. The Morgan fingerprint density at radius 1 is 1.05 bits per heavy atom. The van der Waals surface area contributed by atoms with Crippen molar-refractivity contribution < 1.29 is 34.7 Å². The Morgan fingerprint density at radius 3 is 2.45 bits per heavy atom. The first-order valence-electron chi connectivity index (χ1n) is 17.1. The van der Waals surface area contributed by atoms with Crippen molar-refractivity contribution in [3.05, 3.63) is 47.5 Å². The molecule has 0 amide bonds. The van der Waals surface area contributed by atoms with E-state index in [0.717, 1.165) is 37.7 Å². The molecule has 4 fully saturated rings. The van der Waals surface area contributed by atoms with Gasteiger partial charge in [-0.1, -0.05) is 58.0 Å². The molecule has 5 aliphatic rings. The molecule has 44 heavy (non-hydrogen) atoms. The van der Waals surface area contributed by atoms with Gasteiger partial charge >= 0.3 is 0 Å². The van der Waals surface area contributed by atoms with Crippen LogP contribution in [0.5, 0.6) is 0 Å². The third-order valence-electron chi connectivity index (χ3n) is 13.7. The van der Waals surface area contributed by atoms with Gasteiger partial charge in [0.05, 0.1) is 42.7 Å². The fourth-order valence-corrected chi connectivity index (χ4v) is 10.6. The molecule has 0 bridgehead atoms. The first kappa shape index (κ1) is 32.3. The van der Waals surface area contributed by atoms with Crippen molar-refractivity contribution in [1.82, 2.24) is 0 Å². The van der Waals surface area contributed by atoms with E-state index in [0.29, 0.717) is 25.9 Å². The summed E-state index contributed by atoms with van der Waals surface area (Å²) in [5, 5.41) is 46.1. The highest BCUT2D eigenvalue weighted by Gasteiger charge is 2.69. The van der Waals surface area contributed by atoms with Crippen molar-refractivity contribution in [3.63, 3.8) is 0 Å². The predicted octanol–water partition coefficient (Wildman–Crippen LogP) is 4.63. The summed E-state index contributed by atoms with van der Waals surface area (Å²) >= 11 is 0. The topological polar surface area (TPSA) is 116 Å². The molecule has 3 saturated carbocycles.